The van der Waals surface area contributed by atoms with Crippen LogP contribution in [0.5, 0.6) is 0 Å². The van der Waals surface area contributed by atoms with E-state index in [2.05, 4.69) is 0 Å². The van der Waals surface area contributed by atoms with E-state index in [-0.39, 0.29) is 6.10 Å². The molecule has 0 aliphatic carbocycles. The Labute approximate surface area is 95.7 Å². The van der Waals surface area contributed by atoms with E-state index in [1.807, 2.05) is 0 Å². The minimum atomic E-state index is -0.552. The van der Waals surface area contributed by atoms with Gasteiger partial charge in [-0.2, -0.15) is 0 Å². The van der Waals surface area contributed by atoms with E-state index in [9.17, 15) is 9.59 Å². The molecule has 0 aromatic heterocycles. The van der Waals surface area contributed by atoms with Crippen molar-refractivity contribution in [2.24, 2.45) is 0 Å². The highest BCUT2D eigenvalue weighted by Gasteiger charge is 2.34. The fraction of sp³-hybridized carbons (Fsp3) is 0.818. The maximum absolute atomic E-state index is 11.8. The normalized spacial score (nSPS) is 26.4. The lowest BCUT2D eigenvalue weighted by Gasteiger charge is -2.37. The predicted molar refractivity (Wildman–Crippen MR) is 58.2 cm³/mol. The van der Waals surface area contributed by atoms with Crippen molar-refractivity contribution in [1.82, 2.24) is 4.90 Å². The third-order valence-corrected chi connectivity index (χ3v) is 2.32. The number of carbonyl (C=O) groups is 2. The Kier molecular flexibility index (Phi) is 3.91. The summed E-state index contributed by atoms with van der Waals surface area (Å²) in [5.74, 6) is 0. The Morgan fingerprint density at radius 1 is 1.50 bits per heavy atom. The molecule has 0 aromatic rings. The van der Waals surface area contributed by atoms with Gasteiger partial charge in [0.25, 0.3) is 0 Å². The van der Waals surface area contributed by atoms with Crippen LogP contribution in [0.3, 0.4) is 0 Å². The molecule has 1 heterocycles. The second kappa shape index (κ2) is 4.82. The average molecular weight is 229 g/mol. The zero-order valence-corrected chi connectivity index (χ0v) is 10.2. The fourth-order valence-corrected chi connectivity index (χ4v) is 1.56. The van der Waals surface area contributed by atoms with E-state index in [0.29, 0.717) is 13.2 Å². The van der Waals surface area contributed by atoms with E-state index in [4.69, 9.17) is 9.47 Å². The molecule has 0 unspecified atom stereocenters. The van der Waals surface area contributed by atoms with Gasteiger partial charge in [-0.3, -0.25) is 4.90 Å². The van der Waals surface area contributed by atoms with Gasteiger partial charge in [0.15, 0.2) is 0 Å². The van der Waals surface area contributed by atoms with Crippen molar-refractivity contribution in [2.75, 3.05) is 13.2 Å². The summed E-state index contributed by atoms with van der Waals surface area (Å²) >= 11 is 0. The first-order valence-corrected chi connectivity index (χ1v) is 5.41. The van der Waals surface area contributed by atoms with Crippen molar-refractivity contribution in [1.29, 1.82) is 0 Å². The molecule has 5 nitrogen and oxygen atoms in total. The van der Waals surface area contributed by atoms with Crippen LogP contribution in [0.2, 0.25) is 0 Å². The number of hydrogen-bond acceptors (Lipinski definition) is 4. The Morgan fingerprint density at radius 2 is 2.12 bits per heavy atom. The molecule has 1 fully saturated rings. The van der Waals surface area contributed by atoms with Crippen molar-refractivity contribution in [3.8, 4) is 0 Å². The van der Waals surface area contributed by atoms with Gasteiger partial charge in [-0.15, -0.1) is 0 Å². The van der Waals surface area contributed by atoms with E-state index >= 15 is 0 Å². The van der Waals surface area contributed by atoms with Crippen LogP contribution in [0.25, 0.3) is 0 Å². The number of aldehydes is 1. The molecule has 0 radical (unpaired) electrons. The van der Waals surface area contributed by atoms with Crippen LogP contribution in [-0.2, 0) is 14.3 Å². The van der Waals surface area contributed by atoms with Gasteiger partial charge >= 0.3 is 6.09 Å². The SMILES string of the molecule is C[C@H]1OCCN(C(=O)OC(C)(C)C)[C@@H]1C=O. The standard InChI is InChI=1S/C11H19NO4/c1-8-9(7-13)12(5-6-15-8)10(14)16-11(2,3)4/h7-9H,5-6H2,1-4H3/t8-,9-/m1/s1. The molecular formula is C11H19NO4. The molecule has 0 spiro atoms. The van der Waals surface area contributed by atoms with Crippen LogP contribution in [0, 0.1) is 0 Å². The molecule has 16 heavy (non-hydrogen) atoms. The highest BCUT2D eigenvalue weighted by molar-refractivity contribution is 5.74. The summed E-state index contributed by atoms with van der Waals surface area (Å²) in [6.45, 7) is 7.99. The van der Waals surface area contributed by atoms with Crippen LogP contribution in [0.4, 0.5) is 4.79 Å². The summed E-state index contributed by atoms with van der Waals surface area (Å²) in [6.07, 6.45) is -0.00758. The number of hydrogen-bond donors (Lipinski definition) is 0. The first-order chi connectivity index (χ1) is 7.35. The molecular weight excluding hydrogens is 210 g/mol. The van der Waals surface area contributed by atoms with Gasteiger partial charge in [0.1, 0.15) is 17.9 Å². The number of ether oxygens (including phenoxy) is 2. The van der Waals surface area contributed by atoms with Crippen LogP contribution < -0.4 is 0 Å². The predicted octanol–water partition coefficient (Wildman–Crippen LogP) is 1.21. The minimum Gasteiger partial charge on any atom is -0.444 e. The van der Waals surface area contributed by atoms with E-state index < -0.39 is 17.7 Å². The Hall–Kier alpha value is -1.10. The number of carbonyl (C=O) groups excluding carboxylic acids is 2. The summed E-state index contributed by atoms with van der Waals surface area (Å²) in [6, 6.07) is -0.552. The van der Waals surface area contributed by atoms with Crippen molar-refractivity contribution < 1.29 is 19.1 Å². The van der Waals surface area contributed by atoms with Gasteiger partial charge in [0.2, 0.25) is 0 Å². The molecule has 1 saturated heterocycles. The summed E-state index contributed by atoms with van der Waals surface area (Å²) in [4.78, 5) is 24.2. The average Bonchev–Trinajstić information content (AvgIpc) is 2.14. The monoisotopic (exact) mass is 229 g/mol. The largest absolute Gasteiger partial charge is 0.444 e. The first-order valence-electron chi connectivity index (χ1n) is 5.41. The van der Waals surface area contributed by atoms with Gasteiger partial charge in [-0.25, -0.2) is 4.79 Å². The van der Waals surface area contributed by atoms with Crippen LogP contribution in [-0.4, -0.2) is 48.2 Å². The van der Waals surface area contributed by atoms with Gasteiger partial charge in [0, 0.05) is 6.54 Å². The van der Waals surface area contributed by atoms with Crippen molar-refractivity contribution >= 4 is 12.4 Å². The van der Waals surface area contributed by atoms with Crippen molar-refractivity contribution in [3.63, 3.8) is 0 Å². The zero-order valence-electron chi connectivity index (χ0n) is 10.2. The van der Waals surface area contributed by atoms with E-state index in [1.165, 1.54) is 4.90 Å². The molecule has 0 saturated carbocycles. The highest BCUT2D eigenvalue weighted by Crippen LogP contribution is 2.16. The maximum Gasteiger partial charge on any atom is 0.411 e. The number of morpholine rings is 1. The molecule has 0 bridgehead atoms. The quantitative estimate of drug-likeness (QED) is 0.634. The second-order valence-corrected chi connectivity index (χ2v) is 4.88. The third-order valence-electron chi connectivity index (χ3n) is 2.32. The number of rotatable bonds is 1. The summed E-state index contributed by atoms with van der Waals surface area (Å²) in [5, 5.41) is 0. The second-order valence-electron chi connectivity index (χ2n) is 4.88. The molecule has 92 valence electrons. The van der Waals surface area contributed by atoms with Gasteiger partial charge < -0.3 is 14.3 Å². The molecule has 5 heteroatoms. The number of nitrogens with zero attached hydrogens (tertiary/aromatic N) is 1. The maximum atomic E-state index is 11.8. The van der Waals surface area contributed by atoms with Crippen LogP contribution in [0.15, 0.2) is 0 Å². The highest BCUT2D eigenvalue weighted by atomic mass is 16.6. The van der Waals surface area contributed by atoms with Crippen molar-refractivity contribution in [3.05, 3.63) is 0 Å². The lowest BCUT2D eigenvalue weighted by Crippen LogP contribution is -2.54. The van der Waals surface area contributed by atoms with Crippen LogP contribution >= 0.6 is 0 Å². The van der Waals surface area contributed by atoms with Gasteiger partial charge in [-0.05, 0) is 27.7 Å². The summed E-state index contributed by atoms with van der Waals surface area (Å²) in [5.41, 5.74) is -0.550. The molecule has 2 atom stereocenters. The summed E-state index contributed by atoms with van der Waals surface area (Å²) in [7, 11) is 0. The Balaban J connectivity index is 2.69. The minimum absolute atomic E-state index is 0.279. The Bertz CT molecular complexity index is 272. The molecule has 1 aliphatic heterocycles. The number of amides is 1. The lowest BCUT2D eigenvalue weighted by atomic mass is 10.1. The molecule has 1 rings (SSSR count). The molecule has 1 aliphatic rings. The topological polar surface area (TPSA) is 55.8 Å². The smallest absolute Gasteiger partial charge is 0.411 e. The third kappa shape index (κ3) is 3.20. The van der Waals surface area contributed by atoms with E-state index in [0.717, 1.165) is 6.29 Å². The van der Waals surface area contributed by atoms with Crippen molar-refractivity contribution in [2.45, 2.75) is 45.4 Å². The molecule has 1 amide bonds. The van der Waals surface area contributed by atoms with E-state index in [1.54, 1.807) is 27.7 Å². The zero-order chi connectivity index (χ0) is 12.3. The first kappa shape index (κ1) is 13.0. The van der Waals surface area contributed by atoms with Gasteiger partial charge in [0.05, 0.1) is 12.7 Å². The Morgan fingerprint density at radius 3 is 2.62 bits per heavy atom. The molecule has 0 N–H and O–H groups in total. The lowest BCUT2D eigenvalue weighted by molar-refractivity contribution is -0.124. The van der Waals surface area contributed by atoms with Gasteiger partial charge in [-0.1, -0.05) is 0 Å². The summed E-state index contributed by atoms with van der Waals surface area (Å²) < 4.78 is 10.5. The fourth-order valence-electron chi connectivity index (χ4n) is 1.56. The van der Waals surface area contributed by atoms with Crippen LogP contribution in [0.1, 0.15) is 27.7 Å². The molecule has 0 aromatic carbocycles.